The molecule has 0 fully saturated rings. The summed E-state index contributed by atoms with van der Waals surface area (Å²) in [5, 5.41) is 2.76. The van der Waals surface area contributed by atoms with E-state index in [0.29, 0.717) is 30.4 Å². The minimum atomic E-state index is -4.08. The average Bonchev–Trinajstić information content (AvgIpc) is 2.87. The maximum absolute atomic E-state index is 13.7. The van der Waals surface area contributed by atoms with Crippen molar-refractivity contribution in [2.24, 2.45) is 0 Å². The Labute approximate surface area is 210 Å². The number of nitrogens with one attached hydrogen (secondary N) is 1. The summed E-state index contributed by atoms with van der Waals surface area (Å²) in [5.41, 5.74) is 0.762. The van der Waals surface area contributed by atoms with E-state index in [4.69, 9.17) is 9.47 Å². The molecular formula is C26H28N2O5S2. The highest BCUT2D eigenvalue weighted by Crippen LogP contribution is 2.33. The Morgan fingerprint density at radius 1 is 1.06 bits per heavy atom. The topological polar surface area (TPSA) is 84.9 Å². The van der Waals surface area contributed by atoms with Gasteiger partial charge in [0, 0.05) is 16.6 Å². The number of carbonyl (C=O) groups excluding carboxylic acids is 1. The first-order valence-corrected chi connectivity index (χ1v) is 13.6. The fourth-order valence-electron chi connectivity index (χ4n) is 3.27. The Kier molecular flexibility index (Phi) is 9.22. The van der Waals surface area contributed by atoms with Crippen molar-refractivity contribution >= 4 is 39.1 Å². The van der Waals surface area contributed by atoms with Crippen molar-refractivity contribution in [3.05, 3.63) is 85.5 Å². The maximum Gasteiger partial charge on any atom is 0.264 e. The Balaban J connectivity index is 1.94. The Morgan fingerprint density at radius 3 is 2.49 bits per heavy atom. The fraction of sp³-hybridized carbons (Fsp3) is 0.192. The molecule has 9 heteroatoms. The number of nitrogens with zero attached hydrogens (tertiary/aromatic N) is 1. The molecule has 35 heavy (non-hydrogen) atoms. The van der Waals surface area contributed by atoms with Gasteiger partial charge in [-0.25, -0.2) is 8.42 Å². The number of benzene rings is 3. The smallest absolute Gasteiger partial charge is 0.264 e. The first-order valence-electron chi connectivity index (χ1n) is 10.9. The standard InChI is InChI=1S/C26H28N2O5S2/c1-4-17-33-21-10-8-9-20(18-21)27-26(29)19-28(24-11-6-7-12-25(24)32-5-2)35(30,31)23-15-13-22(34-3)14-16-23/h4,6-16,18H,1,5,17,19H2,2-3H3,(H,27,29). The van der Waals surface area contributed by atoms with Crippen LogP contribution >= 0.6 is 11.8 Å². The lowest BCUT2D eigenvalue weighted by molar-refractivity contribution is -0.114. The van der Waals surface area contributed by atoms with E-state index in [2.05, 4.69) is 11.9 Å². The molecule has 184 valence electrons. The van der Waals surface area contributed by atoms with Crippen molar-refractivity contribution < 1.29 is 22.7 Å². The van der Waals surface area contributed by atoms with Gasteiger partial charge in [-0.05, 0) is 61.7 Å². The van der Waals surface area contributed by atoms with Crippen LogP contribution in [0, 0.1) is 0 Å². The Morgan fingerprint density at radius 2 is 1.80 bits per heavy atom. The van der Waals surface area contributed by atoms with E-state index in [9.17, 15) is 13.2 Å². The molecule has 0 spiro atoms. The van der Waals surface area contributed by atoms with E-state index in [0.717, 1.165) is 9.20 Å². The summed E-state index contributed by atoms with van der Waals surface area (Å²) in [5.74, 6) is 0.413. The molecule has 0 atom stereocenters. The van der Waals surface area contributed by atoms with Gasteiger partial charge < -0.3 is 14.8 Å². The summed E-state index contributed by atoms with van der Waals surface area (Å²) < 4.78 is 39.7. The first-order chi connectivity index (χ1) is 16.9. The molecule has 0 radical (unpaired) electrons. The number of anilines is 2. The summed E-state index contributed by atoms with van der Waals surface area (Å²) in [4.78, 5) is 14.1. The van der Waals surface area contributed by atoms with Crippen LogP contribution in [0.2, 0.25) is 0 Å². The molecule has 0 saturated carbocycles. The quantitative estimate of drug-likeness (QED) is 0.265. The van der Waals surface area contributed by atoms with Crippen LogP contribution in [-0.2, 0) is 14.8 Å². The molecular weight excluding hydrogens is 484 g/mol. The van der Waals surface area contributed by atoms with Crippen LogP contribution in [0.4, 0.5) is 11.4 Å². The van der Waals surface area contributed by atoms with Crippen molar-refractivity contribution in [1.29, 1.82) is 0 Å². The monoisotopic (exact) mass is 512 g/mol. The van der Waals surface area contributed by atoms with Gasteiger partial charge >= 0.3 is 0 Å². The first kappa shape index (κ1) is 26.2. The fourth-order valence-corrected chi connectivity index (χ4v) is 5.10. The molecule has 0 aliphatic carbocycles. The Bertz CT molecular complexity index is 1260. The molecule has 1 N–H and O–H groups in total. The van der Waals surface area contributed by atoms with E-state index in [1.165, 1.54) is 23.9 Å². The van der Waals surface area contributed by atoms with Gasteiger partial charge in [0.2, 0.25) is 5.91 Å². The van der Waals surface area contributed by atoms with Gasteiger partial charge in [-0.1, -0.05) is 30.9 Å². The van der Waals surface area contributed by atoms with E-state index in [1.807, 2.05) is 13.2 Å². The maximum atomic E-state index is 13.7. The number of rotatable bonds is 12. The van der Waals surface area contributed by atoms with E-state index >= 15 is 0 Å². The Hall–Kier alpha value is -3.43. The van der Waals surface area contributed by atoms with E-state index in [1.54, 1.807) is 66.7 Å². The molecule has 0 heterocycles. The lowest BCUT2D eigenvalue weighted by Gasteiger charge is -2.26. The zero-order chi connectivity index (χ0) is 25.3. The highest BCUT2D eigenvalue weighted by molar-refractivity contribution is 7.98. The highest BCUT2D eigenvalue weighted by atomic mass is 32.2. The molecule has 0 aliphatic heterocycles. The third-order valence-electron chi connectivity index (χ3n) is 4.85. The number of para-hydroxylation sites is 2. The molecule has 3 aromatic carbocycles. The molecule has 0 aliphatic rings. The molecule has 0 aromatic heterocycles. The zero-order valence-electron chi connectivity index (χ0n) is 19.6. The second-order valence-corrected chi connectivity index (χ2v) is 10.0. The van der Waals surface area contributed by atoms with Gasteiger partial charge in [-0.15, -0.1) is 11.8 Å². The van der Waals surface area contributed by atoms with Crippen molar-refractivity contribution in [2.75, 3.05) is 35.6 Å². The van der Waals surface area contributed by atoms with Crippen LogP contribution in [0.3, 0.4) is 0 Å². The SMILES string of the molecule is C=CCOc1cccc(NC(=O)CN(c2ccccc2OCC)S(=O)(=O)c2ccc(SC)cc2)c1. The number of thioether (sulfide) groups is 1. The summed E-state index contributed by atoms with van der Waals surface area (Å²) in [7, 11) is -4.08. The highest BCUT2D eigenvalue weighted by Gasteiger charge is 2.29. The van der Waals surface area contributed by atoms with Gasteiger partial charge in [0.1, 0.15) is 24.7 Å². The van der Waals surface area contributed by atoms with Crippen molar-refractivity contribution in [2.45, 2.75) is 16.7 Å². The number of carbonyl (C=O) groups is 1. The van der Waals surface area contributed by atoms with Gasteiger partial charge in [0.15, 0.2) is 0 Å². The molecule has 3 aromatic rings. The van der Waals surface area contributed by atoms with Crippen LogP contribution in [0.25, 0.3) is 0 Å². The van der Waals surface area contributed by atoms with Crippen molar-refractivity contribution in [3.63, 3.8) is 0 Å². The summed E-state index contributed by atoms with van der Waals surface area (Å²) in [6.07, 6.45) is 3.53. The molecule has 0 bridgehead atoms. The predicted molar refractivity (Wildman–Crippen MR) is 141 cm³/mol. The average molecular weight is 513 g/mol. The van der Waals surface area contributed by atoms with Gasteiger partial charge in [-0.2, -0.15) is 0 Å². The number of ether oxygens (including phenoxy) is 2. The molecule has 7 nitrogen and oxygen atoms in total. The summed E-state index contributed by atoms with van der Waals surface area (Å²) in [6.45, 7) is 5.65. The van der Waals surface area contributed by atoms with Gasteiger partial charge in [0.25, 0.3) is 10.0 Å². The number of hydrogen-bond donors (Lipinski definition) is 1. The molecule has 0 unspecified atom stereocenters. The largest absolute Gasteiger partial charge is 0.492 e. The lowest BCUT2D eigenvalue weighted by atomic mass is 10.3. The number of hydrogen-bond acceptors (Lipinski definition) is 6. The molecule has 1 amide bonds. The zero-order valence-corrected chi connectivity index (χ0v) is 21.3. The van der Waals surface area contributed by atoms with Gasteiger partial charge in [0.05, 0.1) is 17.2 Å². The van der Waals surface area contributed by atoms with Crippen LogP contribution < -0.4 is 19.1 Å². The second kappa shape index (κ2) is 12.3. The predicted octanol–water partition coefficient (Wildman–Crippen LogP) is 5.21. The third kappa shape index (κ3) is 6.80. The number of amides is 1. The minimum Gasteiger partial charge on any atom is -0.492 e. The second-order valence-electron chi connectivity index (χ2n) is 7.26. The summed E-state index contributed by atoms with van der Waals surface area (Å²) >= 11 is 1.51. The van der Waals surface area contributed by atoms with Crippen LogP contribution in [0.1, 0.15) is 6.92 Å². The normalized spacial score (nSPS) is 10.9. The minimum absolute atomic E-state index is 0.0780. The van der Waals surface area contributed by atoms with Crippen LogP contribution in [0.5, 0.6) is 11.5 Å². The van der Waals surface area contributed by atoms with Crippen molar-refractivity contribution in [1.82, 2.24) is 0 Å². The van der Waals surface area contributed by atoms with E-state index in [-0.39, 0.29) is 10.6 Å². The molecule has 0 saturated heterocycles. The van der Waals surface area contributed by atoms with E-state index < -0.39 is 22.5 Å². The van der Waals surface area contributed by atoms with Gasteiger partial charge in [-0.3, -0.25) is 9.10 Å². The number of sulfonamides is 1. The van der Waals surface area contributed by atoms with Crippen molar-refractivity contribution in [3.8, 4) is 11.5 Å². The lowest BCUT2D eigenvalue weighted by Crippen LogP contribution is -2.38. The summed E-state index contributed by atoms with van der Waals surface area (Å²) in [6, 6.07) is 20.2. The van der Waals surface area contributed by atoms with Crippen LogP contribution in [0.15, 0.2) is 95.2 Å². The van der Waals surface area contributed by atoms with Crippen LogP contribution in [-0.4, -0.2) is 40.3 Å². The molecule has 3 rings (SSSR count). The third-order valence-corrected chi connectivity index (χ3v) is 7.37.